The minimum atomic E-state index is -0.329. The molecule has 0 aliphatic carbocycles. The van der Waals surface area contributed by atoms with Gasteiger partial charge in [-0.1, -0.05) is 17.3 Å². The van der Waals surface area contributed by atoms with Crippen molar-refractivity contribution in [2.75, 3.05) is 18.5 Å². The van der Waals surface area contributed by atoms with E-state index in [9.17, 15) is 9.18 Å². The van der Waals surface area contributed by atoms with Crippen molar-refractivity contribution >= 4 is 11.7 Å². The van der Waals surface area contributed by atoms with E-state index in [0.717, 1.165) is 19.3 Å². The summed E-state index contributed by atoms with van der Waals surface area (Å²) in [5, 5.41) is 6.96. The number of urea groups is 1. The zero-order valence-electron chi connectivity index (χ0n) is 16.7. The molecule has 2 heterocycles. The van der Waals surface area contributed by atoms with Crippen LogP contribution in [0.3, 0.4) is 0 Å². The Balaban J connectivity index is 1.53. The summed E-state index contributed by atoms with van der Waals surface area (Å²) in [6, 6.07) is 12.7. The highest BCUT2D eigenvalue weighted by molar-refractivity contribution is 5.91. The van der Waals surface area contributed by atoms with Crippen LogP contribution in [-0.4, -0.2) is 34.2 Å². The molecule has 8 heteroatoms. The average molecular weight is 410 g/mol. The molecular weight excluding hydrogens is 387 g/mol. The van der Waals surface area contributed by atoms with Gasteiger partial charge in [0.1, 0.15) is 17.6 Å². The lowest BCUT2D eigenvalue weighted by atomic mass is 10.0. The van der Waals surface area contributed by atoms with Crippen molar-refractivity contribution in [1.82, 2.24) is 15.0 Å². The molecular formula is C22H23FN4O3. The van der Waals surface area contributed by atoms with E-state index in [0.29, 0.717) is 41.9 Å². The normalized spacial score (nSPS) is 16.3. The van der Waals surface area contributed by atoms with Crippen LogP contribution >= 0.6 is 0 Å². The maximum Gasteiger partial charge on any atom is 0.322 e. The van der Waals surface area contributed by atoms with Crippen molar-refractivity contribution in [2.24, 2.45) is 0 Å². The van der Waals surface area contributed by atoms with Gasteiger partial charge in [0.25, 0.3) is 0 Å². The minimum absolute atomic E-state index is 0.242. The van der Waals surface area contributed by atoms with Gasteiger partial charge in [-0.3, -0.25) is 0 Å². The maximum absolute atomic E-state index is 13.2. The number of anilines is 1. The van der Waals surface area contributed by atoms with Crippen molar-refractivity contribution in [3.63, 3.8) is 0 Å². The van der Waals surface area contributed by atoms with Gasteiger partial charge < -0.3 is 19.5 Å². The van der Waals surface area contributed by atoms with Crippen molar-refractivity contribution in [3.05, 3.63) is 60.2 Å². The van der Waals surface area contributed by atoms with Crippen molar-refractivity contribution in [1.29, 1.82) is 0 Å². The molecule has 0 radical (unpaired) electrons. The molecule has 3 aromatic rings. The zero-order valence-corrected chi connectivity index (χ0v) is 16.7. The molecule has 1 N–H and O–H groups in total. The van der Waals surface area contributed by atoms with Crippen molar-refractivity contribution < 1.29 is 18.4 Å². The molecule has 1 aromatic heterocycles. The summed E-state index contributed by atoms with van der Waals surface area (Å²) in [6.07, 6.45) is 2.58. The molecule has 1 aliphatic heterocycles. The van der Waals surface area contributed by atoms with E-state index in [1.54, 1.807) is 23.1 Å². The van der Waals surface area contributed by atoms with Gasteiger partial charge in [-0.05, 0) is 62.6 Å². The van der Waals surface area contributed by atoms with Gasteiger partial charge in [0.2, 0.25) is 11.7 Å². The third-order valence-corrected chi connectivity index (χ3v) is 5.02. The first-order chi connectivity index (χ1) is 14.7. The predicted molar refractivity (Wildman–Crippen MR) is 110 cm³/mol. The number of rotatable bonds is 5. The van der Waals surface area contributed by atoms with E-state index < -0.39 is 0 Å². The van der Waals surface area contributed by atoms with Crippen molar-refractivity contribution in [3.8, 4) is 17.1 Å². The Morgan fingerprint density at radius 2 is 2.03 bits per heavy atom. The summed E-state index contributed by atoms with van der Waals surface area (Å²) in [6.45, 7) is 2.99. The van der Waals surface area contributed by atoms with Gasteiger partial charge in [-0.25, -0.2) is 9.18 Å². The smallest absolute Gasteiger partial charge is 0.322 e. The average Bonchev–Trinajstić information content (AvgIpc) is 3.26. The molecule has 156 valence electrons. The highest BCUT2D eigenvalue weighted by Gasteiger charge is 2.32. The van der Waals surface area contributed by atoms with Crippen LogP contribution in [0.25, 0.3) is 11.4 Å². The highest BCUT2D eigenvalue weighted by Crippen LogP contribution is 2.32. The molecule has 0 unspecified atom stereocenters. The second-order valence-corrected chi connectivity index (χ2v) is 7.03. The lowest BCUT2D eigenvalue weighted by Crippen LogP contribution is -2.41. The Morgan fingerprint density at radius 3 is 2.83 bits per heavy atom. The molecule has 30 heavy (non-hydrogen) atoms. The number of amides is 2. The van der Waals surface area contributed by atoms with Crippen molar-refractivity contribution in [2.45, 2.75) is 32.2 Å². The molecule has 0 spiro atoms. The molecule has 0 bridgehead atoms. The molecule has 7 nitrogen and oxygen atoms in total. The first kappa shape index (κ1) is 19.9. The van der Waals surface area contributed by atoms with E-state index in [1.165, 1.54) is 12.1 Å². The number of likely N-dealkylation sites (tertiary alicyclic amines) is 1. The molecule has 2 amide bonds. The van der Waals surface area contributed by atoms with Gasteiger partial charge in [-0.15, -0.1) is 0 Å². The number of hydrogen-bond donors (Lipinski definition) is 1. The fourth-order valence-electron chi connectivity index (χ4n) is 3.56. The Labute approximate surface area is 173 Å². The van der Waals surface area contributed by atoms with Crippen LogP contribution in [-0.2, 0) is 0 Å². The summed E-state index contributed by atoms with van der Waals surface area (Å²) in [7, 11) is 0. The van der Waals surface area contributed by atoms with Gasteiger partial charge in [0.15, 0.2) is 0 Å². The summed E-state index contributed by atoms with van der Waals surface area (Å²) >= 11 is 0. The number of ether oxygens (including phenoxy) is 1. The number of piperidine rings is 1. The summed E-state index contributed by atoms with van der Waals surface area (Å²) in [4.78, 5) is 19.2. The Hall–Kier alpha value is -3.42. The number of nitrogens with zero attached hydrogens (tertiary/aromatic N) is 3. The summed E-state index contributed by atoms with van der Waals surface area (Å²) in [5.74, 6) is 1.04. The Kier molecular flexibility index (Phi) is 5.92. The second-order valence-electron chi connectivity index (χ2n) is 7.03. The lowest BCUT2D eigenvalue weighted by molar-refractivity contribution is 0.142. The Morgan fingerprint density at radius 1 is 1.23 bits per heavy atom. The van der Waals surface area contributed by atoms with E-state index in [1.807, 2.05) is 25.1 Å². The topological polar surface area (TPSA) is 80.5 Å². The van der Waals surface area contributed by atoms with E-state index >= 15 is 0 Å². The van der Waals surface area contributed by atoms with Crippen LogP contribution in [0, 0.1) is 5.82 Å². The third kappa shape index (κ3) is 4.27. The van der Waals surface area contributed by atoms with Gasteiger partial charge in [-0.2, -0.15) is 4.98 Å². The molecule has 1 fully saturated rings. The number of nitrogens with one attached hydrogen (secondary N) is 1. The van der Waals surface area contributed by atoms with Crippen LogP contribution in [0.5, 0.6) is 5.75 Å². The van der Waals surface area contributed by atoms with Crippen LogP contribution in [0.15, 0.2) is 53.1 Å². The number of carbonyl (C=O) groups is 1. The van der Waals surface area contributed by atoms with E-state index in [4.69, 9.17) is 9.26 Å². The first-order valence-electron chi connectivity index (χ1n) is 10.0. The minimum Gasteiger partial charge on any atom is -0.492 e. The Bertz CT molecular complexity index is 1010. The number of para-hydroxylation sites is 2. The van der Waals surface area contributed by atoms with Crippen LogP contribution in [0.4, 0.5) is 14.9 Å². The SMILES string of the molecule is CCOc1ccccc1NC(=O)N1CCCC[C@H]1c1nc(-c2ccc(F)cc2)no1. The third-order valence-electron chi connectivity index (χ3n) is 5.02. The fraction of sp³-hybridized carbons (Fsp3) is 0.318. The van der Waals surface area contributed by atoms with E-state index in [-0.39, 0.29) is 17.9 Å². The summed E-state index contributed by atoms with van der Waals surface area (Å²) < 4.78 is 24.2. The quantitative estimate of drug-likeness (QED) is 0.638. The number of halogens is 1. The number of hydrogen-bond acceptors (Lipinski definition) is 5. The molecule has 4 rings (SSSR count). The molecule has 1 aliphatic rings. The first-order valence-corrected chi connectivity index (χ1v) is 10.0. The number of benzene rings is 2. The number of carbonyl (C=O) groups excluding carboxylic acids is 1. The molecule has 0 saturated carbocycles. The predicted octanol–water partition coefficient (Wildman–Crippen LogP) is 5.03. The van der Waals surface area contributed by atoms with Crippen LogP contribution in [0.2, 0.25) is 0 Å². The maximum atomic E-state index is 13.2. The fourth-order valence-corrected chi connectivity index (χ4v) is 3.56. The zero-order chi connectivity index (χ0) is 20.9. The second kappa shape index (κ2) is 8.94. The lowest BCUT2D eigenvalue weighted by Gasteiger charge is -2.33. The molecule has 2 aromatic carbocycles. The highest BCUT2D eigenvalue weighted by atomic mass is 19.1. The summed E-state index contributed by atoms with van der Waals surface area (Å²) in [5.41, 5.74) is 1.27. The van der Waals surface area contributed by atoms with Crippen LogP contribution < -0.4 is 10.1 Å². The van der Waals surface area contributed by atoms with Crippen LogP contribution in [0.1, 0.15) is 38.1 Å². The van der Waals surface area contributed by atoms with Gasteiger partial charge in [0, 0.05) is 12.1 Å². The van der Waals surface area contributed by atoms with E-state index in [2.05, 4.69) is 15.5 Å². The largest absolute Gasteiger partial charge is 0.492 e. The molecule has 1 atom stereocenters. The van der Waals surface area contributed by atoms with Gasteiger partial charge in [0.05, 0.1) is 12.3 Å². The molecule has 1 saturated heterocycles. The monoisotopic (exact) mass is 410 g/mol. The van der Waals surface area contributed by atoms with Gasteiger partial charge >= 0.3 is 6.03 Å². The standard InChI is InChI=1S/C22H23FN4O3/c1-2-29-19-9-4-3-7-17(19)24-22(28)27-14-6-5-8-18(27)21-25-20(26-30-21)15-10-12-16(23)13-11-15/h3-4,7,9-13,18H,2,5-6,8,14H2,1H3,(H,24,28)/t18-/m0/s1. The number of aromatic nitrogens is 2.